The minimum Gasteiger partial charge on any atom is -0.377 e. The Morgan fingerprint density at radius 2 is 2.00 bits per heavy atom. The molecule has 0 aliphatic heterocycles. The Hall–Kier alpha value is -1.56. The fourth-order valence-electron chi connectivity index (χ4n) is 2.07. The van der Waals surface area contributed by atoms with Gasteiger partial charge in [-0.05, 0) is 39.7 Å². The van der Waals surface area contributed by atoms with Gasteiger partial charge >= 0.3 is 0 Å². The number of guanidine groups is 1. The lowest BCUT2D eigenvalue weighted by Crippen LogP contribution is -2.45. The number of aromatic nitrogens is 2. The highest BCUT2D eigenvalue weighted by Crippen LogP contribution is 2.11. The number of hydrogen-bond acceptors (Lipinski definition) is 3. The molecule has 21 heavy (non-hydrogen) atoms. The highest BCUT2D eigenvalue weighted by Gasteiger charge is 2.16. The molecule has 0 unspecified atom stereocenters. The van der Waals surface area contributed by atoms with Crippen LogP contribution < -0.4 is 10.6 Å². The number of rotatable bonds is 6. The van der Waals surface area contributed by atoms with E-state index >= 15 is 0 Å². The number of aryl methyl sites for hydroxylation is 2. The molecule has 1 aromatic heterocycles. The zero-order valence-corrected chi connectivity index (χ0v) is 14.4. The lowest BCUT2D eigenvalue weighted by atomic mass is 10.1. The second-order valence-electron chi connectivity index (χ2n) is 5.84. The molecule has 2 N–H and O–H groups in total. The van der Waals surface area contributed by atoms with E-state index in [-0.39, 0.29) is 5.60 Å². The first kappa shape index (κ1) is 17.5. The van der Waals surface area contributed by atoms with Crippen molar-refractivity contribution in [1.82, 2.24) is 20.4 Å². The number of hydrogen-bond donors (Lipinski definition) is 2. The van der Waals surface area contributed by atoms with Crippen LogP contribution in [0.15, 0.2) is 4.99 Å². The summed E-state index contributed by atoms with van der Waals surface area (Å²) in [6.45, 7) is 9.75. The Morgan fingerprint density at radius 1 is 1.33 bits per heavy atom. The zero-order chi connectivity index (χ0) is 16.0. The topological polar surface area (TPSA) is 63.5 Å². The quantitative estimate of drug-likeness (QED) is 0.611. The van der Waals surface area contributed by atoms with Gasteiger partial charge in [-0.25, -0.2) is 0 Å². The SMILES string of the molecule is CN=C(NCCc1c(C)nn(C)c1C)NCC(C)(C)OC. The molecule has 0 amide bonds. The van der Waals surface area contributed by atoms with Crippen LogP contribution in [0.1, 0.15) is 30.8 Å². The van der Waals surface area contributed by atoms with Crippen molar-refractivity contribution in [2.75, 3.05) is 27.2 Å². The van der Waals surface area contributed by atoms with Crippen LogP contribution in [0.5, 0.6) is 0 Å². The third-order valence-electron chi connectivity index (χ3n) is 3.78. The molecule has 0 fully saturated rings. The first-order valence-corrected chi connectivity index (χ1v) is 7.29. The third kappa shape index (κ3) is 5.04. The van der Waals surface area contributed by atoms with Crippen LogP contribution in [0.2, 0.25) is 0 Å². The molecule has 1 heterocycles. The molecular weight excluding hydrogens is 266 g/mol. The standard InChI is InChI=1S/C15H29N5O/c1-11-13(12(2)20(6)19-11)8-9-17-14(16-5)18-10-15(3,4)21-7/h8-10H2,1-7H3,(H2,16,17,18). The Morgan fingerprint density at radius 3 is 2.48 bits per heavy atom. The molecule has 0 atom stereocenters. The number of methoxy groups -OCH3 is 1. The van der Waals surface area contributed by atoms with Crippen molar-refractivity contribution in [3.8, 4) is 0 Å². The third-order valence-corrected chi connectivity index (χ3v) is 3.78. The highest BCUT2D eigenvalue weighted by molar-refractivity contribution is 5.79. The van der Waals surface area contributed by atoms with Gasteiger partial charge in [0.2, 0.25) is 0 Å². The summed E-state index contributed by atoms with van der Waals surface area (Å²) in [5, 5.41) is 11.0. The summed E-state index contributed by atoms with van der Waals surface area (Å²) in [6.07, 6.45) is 0.930. The van der Waals surface area contributed by atoms with Crippen LogP contribution in [-0.4, -0.2) is 48.6 Å². The van der Waals surface area contributed by atoms with E-state index in [1.807, 2.05) is 25.6 Å². The van der Waals surface area contributed by atoms with Crippen LogP contribution in [0.4, 0.5) is 0 Å². The molecule has 0 saturated heterocycles. The van der Waals surface area contributed by atoms with Crippen LogP contribution in [-0.2, 0) is 18.2 Å². The van der Waals surface area contributed by atoms with Gasteiger partial charge in [-0.3, -0.25) is 9.67 Å². The van der Waals surface area contributed by atoms with Gasteiger partial charge in [0.15, 0.2) is 5.96 Å². The highest BCUT2D eigenvalue weighted by atomic mass is 16.5. The maximum Gasteiger partial charge on any atom is 0.191 e. The summed E-state index contributed by atoms with van der Waals surface area (Å²) in [7, 11) is 5.47. The van der Waals surface area contributed by atoms with E-state index in [2.05, 4.69) is 34.6 Å². The average Bonchev–Trinajstić information content (AvgIpc) is 2.68. The van der Waals surface area contributed by atoms with Gasteiger partial charge in [-0.1, -0.05) is 0 Å². The van der Waals surface area contributed by atoms with E-state index in [4.69, 9.17) is 4.74 Å². The van der Waals surface area contributed by atoms with Gasteiger partial charge in [0.05, 0.1) is 11.3 Å². The molecule has 0 aliphatic rings. The lowest BCUT2D eigenvalue weighted by Gasteiger charge is -2.24. The van der Waals surface area contributed by atoms with E-state index in [9.17, 15) is 0 Å². The first-order valence-electron chi connectivity index (χ1n) is 7.29. The van der Waals surface area contributed by atoms with Gasteiger partial charge in [0.25, 0.3) is 0 Å². The normalized spacial score (nSPS) is 12.6. The summed E-state index contributed by atoms with van der Waals surface area (Å²) in [4.78, 5) is 4.22. The largest absolute Gasteiger partial charge is 0.377 e. The molecule has 6 nitrogen and oxygen atoms in total. The van der Waals surface area contributed by atoms with Gasteiger partial charge < -0.3 is 15.4 Å². The number of aliphatic imine (C=N–C) groups is 1. The summed E-state index contributed by atoms with van der Waals surface area (Å²) in [5.41, 5.74) is 3.41. The molecule has 1 rings (SSSR count). The summed E-state index contributed by atoms with van der Waals surface area (Å²) in [6, 6.07) is 0. The van der Waals surface area contributed by atoms with Crippen molar-refractivity contribution in [3.63, 3.8) is 0 Å². The summed E-state index contributed by atoms with van der Waals surface area (Å²) < 4.78 is 7.31. The predicted molar refractivity (Wildman–Crippen MR) is 86.8 cm³/mol. The minimum absolute atomic E-state index is 0.214. The van der Waals surface area contributed by atoms with Crippen molar-refractivity contribution >= 4 is 5.96 Å². The minimum atomic E-state index is -0.214. The Balaban J connectivity index is 2.46. The summed E-state index contributed by atoms with van der Waals surface area (Å²) >= 11 is 0. The molecule has 0 saturated carbocycles. The first-order chi connectivity index (χ1) is 9.80. The van der Waals surface area contributed by atoms with Crippen LogP contribution >= 0.6 is 0 Å². The van der Waals surface area contributed by atoms with Gasteiger partial charge in [0.1, 0.15) is 0 Å². The van der Waals surface area contributed by atoms with E-state index < -0.39 is 0 Å². The molecule has 0 aromatic carbocycles. The predicted octanol–water partition coefficient (Wildman–Crippen LogP) is 1.17. The van der Waals surface area contributed by atoms with E-state index in [1.54, 1.807) is 14.2 Å². The van der Waals surface area contributed by atoms with Crippen molar-refractivity contribution < 1.29 is 4.74 Å². The van der Waals surface area contributed by atoms with Gasteiger partial charge in [-0.2, -0.15) is 5.10 Å². The second-order valence-corrected chi connectivity index (χ2v) is 5.84. The fourth-order valence-corrected chi connectivity index (χ4v) is 2.07. The van der Waals surface area contributed by atoms with E-state index in [1.165, 1.54) is 11.3 Å². The van der Waals surface area contributed by atoms with Crippen LogP contribution in [0.25, 0.3) is 0 Å². The molecule has 0 aliphatic carbocycles. The van der Waals surface area contributed by atoms with E-state index in [0.29, 0.717) is 6.54 Å². The number of ether oxygens (including phenoxy) is 1. The number of nitrogens with zero attached hydrogens (tertiary/aromatic N) is 3. The van der Waals surface area contributed by atoms with Gasteiger partial charge in [0, 0.05) is 40.0 Å². The molecule has 6 heteroatoms. The Bertz CT molecular complexity index is 490. The summed E-state index contributed by atoms with van der Waals surface area (Å²) in [5.74, 6) is 0.791. The van der Waals surface area contributed by atoms with Crippen LogP contribution in [0, 0.1) is 13.8 Å². The van der Waals surface area contributed by atoms with E-state index in [0.717, 1.165) is 24.6 Å². The Kier molecular flexibility index (Phi) is 6.20. The van der Waals surface area contributed by atoms with Gasteiger partial charge in [-0.15, -0.1) is 0 Å². The average molecular weight is 295 g/mol. The zero-order valence-electron chi connectivity index (χ0n) is 14.4. The maximum atomic E-state index is 5.38. The molecule has 0 bridgehead atoms. The second kappa shape index (κ2) is 7.45. The molecule has 1 aromatic rings. The molecule has 0 spiro atoms. The maximum absolute atomic E-state index is 5.38. The number of nitrogens with one attached hydrogen (secondary N) is 2. The molecule has 120 valence electrons. The van der Waals surface area contributed by atoms with Crippen molar-refractivity contribution in [1.29, 1.82) is 0 Å². The monoisotopic (exact) mass is 295 g/mol. The van der Waals surface area contributed by atoms with Crippen LogP contribution in [0.3, 0.4) is 0 Å². The van der Waals surface area contributed by atoms with Crippen molar-refractivity contribution in [2.45, 2.75) is 39.7 Å². The smallest absolute Gasteiger partial charge is 0.191 e. The lowest BCUT2D eigenvalue weighted by molar-refractivity contribution is 0.0268. The Labute approximate surface area is 128 Å². The fraction of sp³-hybridized carbons (Fsp3) is 0.733. The molecular formula is C15H29N5O. The van der Waals surface area contributed by atoms with Crippen molar-refractivity contribution in [2.24, 2.45) is 12.0 Å². The molecule has 0 radical (unpaired) electrons. The van der Waals surface area contributed by atoms with Crippen molar-refractivity contribution in [3.05, 3.63) is 17.0 Å².